The summed E-state index contributed by atoms with van der Waals surface area (Å²) in [5.41, 5.74) is 2.36. The highest BCUT2D eigenvalue weighted by atomic mass is 16.1. The molecule has 3 heteroatoms. The largest absolute Gasteiger partial charge is 0.361 e. The second-order valence-electron chi connectivity index (χ2n) is 5.54. The van der Waals surface area contributed by atoms with E-state index in [2.05, 4.69) is 48.4 Å². The van der Waals surface area contributed by atoms with Gasteiger partial charge in [0.15, 0.2) is 0 Å². The molecule has 0 radical (unpaired) electrons. The van der Waals surface area contributed by atoms with Crippen LogP contribution in [-0.2, 0) is 10.2 Å². The maximum atomic E-state index is 11.6. The van der Waals surface area contributed by atoms with Gasteiger partial charge < -0.3 is 10.3 Å². The fourth-order valence-electron chi connectivity index (χ4n) is 2.98. The average molecular weight is 242 g/mol. The third-order valence-electron chi connectivity index (χ3n) is 4.31. The van der Waals surface area contributed by atoms with E-state index < -0.39 is 0 Å². The highest BCUT2D eigenvalue weighted by molar-refractivity contribution is 5.83. The lowest BCUT2D eigenvalue weighted by molar-refractivity contribution is -0.119. The van der Waals surface area contributed by atoms with Gasteiger partial charge in [-0.1, -0.05) is 19.9 Å². The molecule has 3 nitrogen and oxygen atoms in total. The van der Waals surface area contributed by atoms with Crippen molar-refractivity contribution >= 4 is 16.8 Å². The van der Waals surface area contributed by atoms with E-state index in [-0.39, 0.29) is 11.3 Å². The van der Waals surface area contributed by atoms with Crippen LogP contribution in [-0.4, -0.2) is 17.4 Å². The number of carbonyl (C=O) groups is 1. The molecule has 18 heavy (non-hydrogen) atoms. The van der Waals surface area contributed by atoms with Crippen molar-refractivity contribution in [3.63, 3.8) is 0 Å². The quantitative estimate of drug-likeness (QED) is 0.835. The summed E-state index contributed by atoms with van der Waals surface area (Å²) in [6.45, 7) is 5.14. The monoisotopic (exact) mass is 242 g/mol. The summed E-state index contributed by atoms with van der Waals surface area (Å²) in [6.07, 6.45) is 2.55. The van der Waals surface area contributed by atoms with Crippen LogP contribution in [0.15, 0.2) is 30.5 Å². The number of nitrogens with one attached hydrogen (secondary N) is 2. The third kappa shape index (κ3) is 1.54. The van der Waals surface area contributed by atoms with Crippen LogP contribution in [0.3, 0.4) is 0 Å². The lowest BCUT2D eigenvalue weighted by atomic mass is 9.71. The first-order valence-corrected chi connectivity index (χ1v) is 6.46. The number of fused-ring (bicyclic) bond motifs is 1. The van der Waals surface area contributed by atoms with E-state index >= 15 is 0 Å². The molecule has 1 aliphatic heterocycles. The minimum absolute atomic E-state index is 0.0530. The van der Waals surface area contributed by atoms with E-state index in [0.717, 1.165) is 12.1 Å². The number of aromatic amines is 1. The van der Waals surface area contributed by atoms with Gasteiger partial charge in [-0.25, -0.2) is 0 Å². The van der Waals surface area contributed by atoms with Crippen LogP contribution in [0, 0.1) is 5.92 Å². The Hall–Kier alpha value is -1.77. The van der Waals surface area contributed by atoms with E-state index in [1.807, 2.05) is 6.20 Å². The molecule has 2 N–H and O–H groups in total. The van der Waals surface area contributed by atoms with Gasteiger partial charge in [0.05, 0.1) is 0 Å². The molecule has 1 atom stereocenters. The van der Waals surface area contributed by atoms with Crippen LogP contribution >= 0.6 is 0 Å². The Balaban J connectivity index is 2.12. The molecule has 1 unspecified atom stereocenters. The number of aromatic nitrogens is 1. The zero-order chi connectivity index (χ0) is 12.8. The SMILES string of the molecule is CC(C)C1(c2ccc3[nH]ccc3c2)CNC(=O)C1. The van der Waals surface area contributed by atoms with Crippen LogP contribution in [0.1, 0.15) is 25.8 Å². The number of H-pyrrole nitrogens is 1. The number of hydrogen-bond acceptors (Lipinski definition) is 1. The van der Waals surface area contributed by atoms with Gasteiger partial charge in [-0.3, -0.25) is 4.79 Å². The molecular weight excluding hydrogens is 224 g/mol. The molecule has 2 heterocycles. The molecule has 3 rings (SSSR count). The molecular formula is C15H18N2O. The lowest BCUT2D eigenvalue weighted by Gasteiger charge is -2.32. The molecule has 0 saturated carbocycles. The minimum Gasteiger partial charge on any atom is -0.361 e. The average Bonchev–Trinajstić information content (AvgIpc) is 2.94. The molecule has 94 valence electrons. The van der Waals surface area contributed by atoms with E-state index in [0.29, 0.717) is 12.3 Å². The first-order chi connectivity index (χ1) is 8.62. The molecule has 1 fully saturated rings. The zero-order valence-electron chi connectivity index (χ0n) is 10.8. The van der Waals surface area contributed by atoms with Gasteiger partial charge in [0.25, 0.3) is 0 Å². The van der Waals surface area contributed by atoms with Crippen LogP contribution in [0.5, 0.6) is 0 Å². The second kappa shape index (κ2) is 3.87. The van der Waals surface area contributed by atoms with Crippen molar-refractivity contribution in [1.29, 1.82) is 0 Å². The summed E-state index contributed by atoms with van der Waals surface area (Å²) >= 11 is 0. The minimum atomic E-state index is -0.0530. The topological polar surface area (TPSA) is 44.9 Å². The van der Waals surface area contributed by atoms with Crippen molar-refractivity contribution in [3.05, 3.63) is 36.0 Å². The van der Waals surface area contributed by atoms with Gasteiger partial charge in [-0.2, -0.15) is 0 Å². The van der Waals surface area contributed by atoms with Crippen LogP contribution in [0.2, 0.25) is 0 Å². The molecule has 0 bridgehead atoms. The Morgan fingerprint density at radius 1 is 1.28 bits per heavy atom. The van der Waals surface area contributed by atoms with Crippen LogP contribution in [0.4, 0.5) is 0 Å². The predicted octanol–water partition coefficient (Wildman–Crippen LogP) is 2.58. The highest BCUT2D eigenvalue weighted by Gasteiger charge is 2.42. The van der Waals surface area contributed by atoms with Crippen molar-refractivity contribution < 1.29 is 4.79 Å². The smallest absolute Gasteiger partial charge is 0.221 e. The van der Waals surface area contributed by atoms with Crippen LogP contribution < -0.4 is 5.32 Å². The molecule has 1 amide bonds. The Labute approximate surface area is 107 Å². The van der Waals surface area contributed by atoms with Gasteiger partial charge in [0, 0.05) is 30.1 Å². The lowest BCUT2D eigenvalue weighted by Crippen LogP contribution is -2.34. The number of hydrogen-bond donors (Lipinski definition) is 2. The van der Waals surface area contributed by atoms with Gasteiger partial charge >= 0.3 is 0 Å². The number of benzene rings is 1. The van der Waals surface area contributed by atoms with Gasteiger partial charge in [-0.15, -0.1) is 0 Å². The predicted molar refractivity (Wildman–Crippen MR) is 72.4 cm³/mol. The summed E-state index contributed by atoms with van der Waals surface area (Å²) in [5, 5.41) is 4.20. The van der Waals surface area contributed by atoms with E-state index in [1.165, 1.54) is 10.9 Å². The summed E-state index contributed by atoms with van der Waals surface area (Å²) in [7, 11) is 0. The normalized spacial score (nSPS) is 23.8. The Kier molecular flexibility index (Phi) is 2.44. The van der Waals surface area contributed by atoms with Crippen molar-refractivity contribution in [2.75, 3.05) is 6.54 Å². The Morgan fingerprint density at radius 3 is 2.78 bits per heavy atom. The van der Waals surface area contributed by atoms with Crippen LogP contribution in [0.25, 0.3) is 10.9 Å². The van der Waals surface area contributed by atoms with Gasteiger partial charge in [0.1, 0.15) is 0 Å². The summed E-state index contributed by atoms with van der Waals surface area (Å²) in [5.74, 6) is 0.603. The highest BCUT2D eigenvalue weighted by Crippen LogP contribution is 2.39. The molecule has 1 aromatic carbocycles. The molecule has 1 aliphatic rings. The summed E-state index contributed by atoms with van der Waals surface area (Å²) in [4.78, 5) is 14.8. The molecule has 2 aromatic rings. The fourth-order valence-corrected chi connectivity index (χ4v) is 2.98. The Bertz CT molecular complexity index is 599. The van der Waals surface area contributed by atoms with Crippen molar-refractivity contribution in [1.82, 2.24) is 10.3 Å². The summed E-state index contributed by atoms with van der Waals surface area (Å²) in [6, 6.07) is 8.56. The number of rotatable bonds is 2. The molecule has 0 aliphatic carbocycles. The van der Waals surface area contributed by atoms with E-state index in [4.69, 9.17) is 0 Å². The van der Waals surface area contributed by atoms with Gasteiger partial charge in [-0.05, 0) is 35.1 Å². The first kappa shape index (κ1) is 11.3. The van der Waals surface area contributed by atoms with E-state index in [9.17, 15) is 4.79 Å². The van der Waals surface area contributed by atoms with Crippen molar-refractivity contribution in [3.8, 4) is 0 Å². The molecule has 1 saturated heterocycles. The molecule has 1 aromatic heterocycles. The van der Waals surface area contributed by atoms with E-state index in [1.54, 1.807) is 0 Å². The second-order valence-corrected chi connectivity index (χ2v) is 5.54. The standard InChI is InChI=1S/C15H18N2O/c1-10(2)15(8-14(18)17-9-15)12-3-4-13-11(7-12)5-6-16-13/h3-7,10,16H,8-9H2,1-2H3,(H,17,18). The third-order valence-corrected chi connectivity index (χ3v) is 4.31. The Morgan fingerprint density at radius 2 is 2.11 bits per heavy atom. The maximum Gasteiger partial charge on any atom is 0.221 e. The summed E-state index contributed by atoms with van der Waals surface area (Å²) < 4.78 is 0. The van der Waals surface area contributed by atoms with Gasteiger partial charge in [0.2, 0.25) is 5.91 Å². The number of carbonyl (C=O) groups excluding carboxylic acids is 1. The van der Waals surface area contributed by atoms with Crippen molar-refractivity contribution in [2.24, 2.45) is 5.92 Å². The first-order valence-electron chi connectivity index (χ1n) is 6.46. The molecule has 0 spiro atoms. The van der Waals surface area contributed by atoms with Crippen molar-refractivity contribution in [2.45, 2.75) is 25.7 Å². The number of amides is 1. The maximum absolute atomic E-state index is 11.6. The zero-order valence-corrected chi connectivity index (χ0v) is 10.8. The fraction of sp³-hybridized carbons (Fsp3) is 0.400.